The summed E-state index contributed by atoms with van der Waals surface area (Å²) in [5.74, 6) is 1.42. The normalized spacial score (nSPS) is 25.4. The van der Waals surface area contributed by atoms with Gasteiger partial charge in [0.2, 0.25) is 11.5 Å². The van der Waals surface area contributed by atoms with Crippen LogP contribution in [-0.2, 0) is 26.3 Å². The van der Waals surface area contributed by atoms with E-state index in [-0.39, 0.29) is 12.5 Å². The van der Waals surface area contributed by atoms with Crippen LogP contribution >= 0.6 is 11.6 Å². The summed E-state index contributed by atoms with van der Waals surface area (Å²) in [5.41, 5.74) is 0.557. The molecule has 0 bridgehead atoms. The SMILES string of the molecule is COc1cccc(C23OCCc4ccnc(c42)N(CC2=CCC(Cl)O2)C3=O)n1. The average Bonchev–Trinajstić information content (AvgIpc) is 3.25. The molecular weight excluding hydrogens is 382 g/mol. The molecule has 0 radical (unpaired) electrons. The summed E-state index contributed by atoms with van der Waals surface area (Å²) < 4.78 is 17.0. The van der Waals surface area contributed by atoms with E-state index in [9.17, 15) is 4.79 Å². The Kier molecular flexibility index (Phi) is 4.03. The molecule has 0 fully saturated rings. The first-order chi connectivity index (χ1) is 13.6. The van der Waals surface area contributed by atoms with E-state index in [2.05, 4.69) is 9.97 Å². The number of pyridine rings is 2. The number of aromatic nitrogens is 2. The molecule has 2 aromatic heterocycles. The molecule has 3 aliphatic rings. The van der Waals surface area contributed by atoms with Crippen LogP contribution in [0.1, 0.15) is 23.2 Å². The minimum atomic E-state index is -1.33. The van der Waals surface area contributed by atoms with Crippen molar-refractivity contribution in [1.82, 2.24) is 9.97 Å². The van der Waals surface area contributed by atoms with Crippen LogP contribution in [0.2, 0.25) is 0 Å². The van der Waals surface area contributed by atoms with Crippen molar-refractivity contribution in [2.45, 2.75) is 24.0 Å². The summed E-state index contributed by atoms with van der Waals surface area (Å²) in [6, 6.07) is 7.27. The van der Waals surface area contributed by atoms with Crippen LogP contribution < -0.4 is 9.64 Å². The number of ether oxygens (including phenoxy) is 3. The number of rotatable bonds is 4. The molecule has 0 aliphatic carbocycles. The lowest BCUT2D eigenvalue weighted by atomic mass is 9.85. The lowest BCUT2D eigenvalue weighted by molar-refractivity contribution is -0.140. The highest BCUT2D eigenvalue weighted by atomic mass is 35.5. The van der Waals surface area contributed by atoms with Crippen LogP contribution in [0.3, 0.4) is 0 Å². The molecule has 28 heavy (non-hydrogen) atoms. The summed E-state index contributed by atoms with van der Waals surface area (Å²) in [5, 5.41) is 0. The molecule has 3 aliphatic heterocycles. The van der Waals surface area contributed by atoms with E-state index in [0.29, 0.717) is 42.6 Å². The number of methoxy groups -OCH3 is 1. The number of anilines is 1. The van der Waals surface area contributed by atoms with Gasteiger partial charge >= 0.3 is 0 Å². The van der Waals surface area contributed by atoms with Gasteiger partial charge in [0, 0.05) is 24.2 Å². The van der Waals surface area contributed by atoms with E-state index in [1.807, 2.05) is 12.1 Å². The largest absolute Gasteiger partial charge is 0.481 e. The smallest absolute Gasteiger partial charge is 0.272 e. The molecule has 1 amide bonds. The van der Waals surface area contributed by atoms with Gasteiger partial charge in [-0.2, -0.15) is 0 Å². The van der Waals surface area contributed by atoms with Crippen LogP contribution in [0.5, 0.6) is 5.88 Å². The molecule has 0 aromatic carbocycles. The van der Waals surface area contributed by atoms with Crippen LogP contribution in [0.4, 0.5) is 5.82 Å². The Balaban J connectivity index is 1.66. The van der Waals surface area contributed by atoms with Crippen molar-refractivity contribution in [3.63, 3.8) is 0 Å². The van der Waals surface area contributed by atoms with Gasteiger partial charge in [-0.3, -0.25) is 9.69 Å². The minimum absolute atomic E-state index is 0.231. The number of carbonyl (C=O) groups excluding carboxylic acids is 1. The zero-order valence-electron chi connectivity index (χ0n) is 15.2. The molecule has 7 nitrogen and oxygen atoms in total. The number of hydrogen-bond donors (Lipinski definition) is 0. The maximum Gasteiger partial charge on any atom is 0.272 e. The highest BCUT2D eigenvalue weighted by molar-refractivity contribution is 6.20. The second kappa shape index (κ2) is 6.46. The zero-order chi connectivity index (χ0) is 19.3. The van der Waals surface area contributed by atoms with E-state index < -0.39 is 11.2 Å². The third-order valence-corrected chi connectivity index (χ3v) is 5.55. The highest BCUT2D eigenvalue weighted by Gasteiger charge is 2.58. The molecule has 0 saturated carbocycles. The fourth-order valence-corrected chi connectivity index (χ4v) is 4.26. The molecular formula is C20H18ClN3O4. The zero-order valence-corrected chi connectivity index (χ0v) is 16.0. The summed E-state index contributed by atoms with van der Waals surface area (Å²) in [6.45, 7) is 0.665. The van der Waals surface area contributed by atoms with Crippen LogP contribution in [0, 0.1) is 0 Å². The van der Waals surface area contributed by atoms with Crippen LogP contribution in [0.25, 0.3) is 0 Å². The topological polar surface area (TPSA) is 73.8 Å². The number of halogens is 1. The first-order valence-electron chi connectivity index (χ1n) is 9.09. The van der Waals surface area contributed by atoms with Gasteiger partial charge in [-0.1, -0.05) is 17.7 Å². The van der Waals surface area contributed by atoms with Gasteiger partial charge in [-0.15, -0.1) is 0 Å². The number of amides is 1. The Hall–Kier alpha value is -2.64. The Morgan fingerprint density at radius 3 is 3.07 bits per heavy atom. The summed E-state index contributed by atoms with van der Waals surface area (Å²) >= 11 is 6.03. The third-order valence-electron chi connectivity index (χ3n) is 5.28. The van der Waals surface area contributed by atoms with Crippen molar-refractivity contribution in [3.05, 3.63) is 59.1 Å². The molecule has 0 N–H and O–H groups in total. The van der Waals surface area contributed by atoms with Gasteiger partial charge in [0.15, 0.2) is 5.56 Å². The van der Waals surface area contributed by atoms with Crippen LogP contribution in [-0.4, -0.2) is 41.7 Å². The second-order valence-electron chi connectivity index (χ2n) is 6.84. The first kappa shape index (κ1) is 17.5. The summed E-state index contributed by atoms with van der Waals surface area (Å²) in [6.07, 6.45) is 4.95. The Morgan fingerprint density at radius 1 is 1.39 bits per heavy atom. The van der Waals surface area contributed by atoms with Crippen molar-refractivity contribution in [2.75, 3.05) is 25.2 Å². The average molecular weight is 400 g/mol. The lowest BCUT2D eigenvalue weighted by Crippen LogP contribution is -2.46. The van der Waals surface area contributed by atoms with E-state index in [1.165, 1.54) is 0 Å². The Morgan fingerprint density at radius 2 is 2.29 bits per heavy atom. The standard InChI is InChI=1S/C20H18ClN3O4/c1-26-16-4-2-3-14(23-16)20-17-12(8-10-27-20)7-9-22-18(17)24(19(20)25)11-13-5-6-15(21)28-13/h2-5,7,9,15H,6,8,10-11H2,1H3. The number of hydrogen-bond acceptors (Lipinski definition) is 6. The summed E-state index contributed by atoms with van der Waals surface area (Å²) in [4.78, 5) is 24.4. The van der Waals surface area contributed by atoms with Gasteiger partial charge < -0.3 is 14.2 Å². The number of carbonyl (C=O) groups is 1. The van der Waals surface area contributed by atoms with Gasteiger partial charge in [-0.25, -0.2) is 9.97 Å². The maximum atomic E-state index is 13.7. The van der Waals surface area contributed by atoms with E-state index in [4.69, 9.17) is 25.8 Å². The quantitative estimate of drug-likeness (QED) is 0.735. The third kappa shape index (κ3) is 2.43. The van der Waals surface area contributed by atoms with E-state index in [0.717, 1.165) is 11.1 Å². The highest BCUT2D eigenvalue weighted by Crippen LogP contribution is 2.49. The van der Waals surface area contributed by atoms with Crippen molar-refractivity contribution in [2.24, 2.45) is 0 Å². The number of nitrogens with zero attached hydrogens (tertiary/aromatic N) is 3. The lowest BCUT2D eigenvalue weighted by Gasteiger charge is -2.32. The molecule has 5 heterocycles. The van der Waals surface area contributed by atoms with Crippen molar-refractivity contribution < 1.29 is 19.0 Å². The van der Waals surface area contributed by atoms with Crippen molar-refractivity contribution in [3.8, 4) is 5.88 Å². The number of alkyl halides is 1. The molecule has 5 rings (SSSR count). The fraction of sp³-hybridized carbons (Fsp3) is 0.350. The molecule has 2 unspecified atom stereocenters. The van der Waals surface area contributed by atoms with E-state index >= 15 is 0 Å². The van der Waals surface area contributed by atoms with Crippen molar-refractivity contribution in [1.29, 1.82) is 0 Å². The van der Waals surface area contributed by atoms with E-state index in [1.54, 1.807) is 36.4 Å². The monoisotopic (exact) mass is 399 g/mol. The molecule has 2 atom stereocenters. The van der Waals surface area contributed by atoms with Crippen LogP contribution in [0.15, 0.2) is 42.3 Å². The van der Waals surface area contributed by atoms with Gasteiger partial charge in [0.05, 0.1) is 26.0 Å². The summed E-state index contributed by atoms with van der Waals surface area (Å²) in [7, 11) is 1.54. The predicted molar refractivity (Wildman–Crippen MR) is 101 cm³/mol. The molecule has 2 aromatic rings. The molecule has 0 spiro atoms. The second-order valence-corrected chi connectivity index (χ2v) is 7.33. The first-order valence-corrected chi connectivity index (χ1v) is 9.52. The molecule has 8 heteroatoms. The predicted octanol–water partition coefficient (Wildman–Crippen LogP) is 2.52. The van der Waals surface area contributed by atoms with Gasteiger partial charge in [0.25, 0.3) is 5.91 Å². The molecule has 0 saturated heterocycles. The molecule has 144 valence electrons. The Labute approximate surface area is 166 Å². The Bertz CT molecular complexity index is 995. The minimum Gasteiger partial charge on any atom is -0.481 e. The van der Waals surface area contributed by atoms with Crippen molar-refractivity contribution >= 4 is 23.3 Å². The maximum absolute atomic E-state index is 13.7. The van der Waals surface area contributed by atoms with Gasteiger partial charge in [-0.05, 0) is 30.2 Å². The fourth-order valence-electron chi connectivity index (χ4n) is 4.05. The van der Waals surface area contributed by atoms with Gasteiger partial charge in [0.1, 0.15) is 11.6 Å².